The fraction of sp³-hybridized carbons (Fsp3) is 0.940. The fourth-order valence-corrected chi connectivity index (χ4v) is 11.7. The minimum atomic E-state index is -4.94. The highest BCUT2D eigenvalue weighted by Gasteiger charge is 2.30. The predicted molar refractivity (Wildman–Crippen MR) is 345 cm³/mol. The van der Waals surface area contributed by atoms with E-state index in [1.54, 1.807) is 0 Å². The van der Waals surface area contributed by atoms with Gasteiger partial charge in [-0.15, -0.1) is 0 Å². The topological polar surface area (TPSA) is 237 Å². The Morgan fingerprint density at radius 1 is 0.279 bits per heavy atom. The van der Waals surface area contributed by atoms with Crippen LogP contribution in [0.15, 0.2) is 0 Å². The van der Waals surface area contributed by atoms with Gasteiger partial charge in [-0.05, 0) is 25.7 Å². The number of phosphoric acid groups is 2. The number of ether oxygens (including phenoxy) is 4. The van der Waals surface area contributed by atoms with E-state index < -0.39 is 97.5 Å². The number of phosphoric ester groups is 2. The molecule has 86 heavy (non-hydrogen) atoms. The van der Waals surface area contributed by atoms with Gasteiger partial charge in [0, 0.05) is 25.7 Å². The van der Waals surface area contributed by atoms with Gasteiger partial charge in [0.05, 0.1) is 26.4 Å². The van der Waals surface area contributed by atoms with Crippen LogP contribution >= 0.6 is 15.6 Å². The average Bonchev–Trinajstić information content (AvgIpc) is 3.70. The zero-order valence-electron chi connectivity index (χ0n) is 55.3. The highest BCUT2D eigenvalue weighted by molar-refractivity contribution is 7.47. The van der Waals surface area contributed by atoms with Crippen molar-refractivity contribution in [3.05, 3.63) is 0 Å². The summed E-state index contributed by atoms with van der Waals surface area (Å²) in [6.45, 7) is 4.80. The van der Waals surface area contributed by atoms with Crippen molar-refractivity contribution in [1.29, 1.82) is 0 Å². The van der Waals surface area contributed by atoms with Gasteiger partial charge in [-0.3, -0.25) is 37.3 Å². The maximum absolute atomic E-state index is 13.0. The normalized spacial score (nSPS) is 14.1. The lowest BCUT2D eigenvalue weighted by molar-refractivity contribution is -0.161. The number of hydrogen-bond donors (Lipinski definition) is 3. The predicted octanol–water partition coefficient (Wildman–Crippen LogP) is 19.1. The van der Waals surface area contributed by atoms with Gasteiger partial charge in [0.1, 0.15) is 19.3 Å². The molecule has 0 aromatic heterocycles. The minimum Gasteiger partial charge on any atom is -0.462 e. The largest absolute Gasteiger partial charge is 0.472 e. The van der Waals surface area contributed by atoms with Crippen molar-refractivity contribution in [2.75, 3.05) is 39.6 Å². The van der Waals surface area contributed by atoms with E-state index in [1.165, 1.54) is 167 Å². The van der Waals surface area contributed by atoms with E-state index in [4.69, 9.17) is 37.0 Å². The fourth-order valence-electron chi connectivity index (χ4n) is 10.2. The summed E-state index contributed by atoms with van der Waals surface area (Å²) in [5.74, 6) is -2.14. The van der Waals surface area contributed by atoms with Crippen molar-refractivity contribution in [3.63, 3.8) is 0 Å². The molecule has 0 aliphatic rings. The second kappa shape index (κ2) is 61.9. The molecule has 5 atom stereocenters. The summed E-state index contributed by atoms with van der Waals surface area (Å²) in [5.41, 5.74) is 0. The van der Waals surface area contributed by atoms with Crippen LogP contribution in [0, 0.1) is 0 Å². The minimum absolute atomic E-state index is 0.104. The monoisotopic (exact) mass is 1270 g/mol. The standard InChI is InChI=1S/C67H130O17P2/c1-5-9-13-17-20-23-25-27-28-29-30-31-32-33-34-35-37-39-42-46-50-54-67(72)84-63(58-78-65(70)52-48-44-41-38-36-26-24-21-18-14-10-6-2)60-82-86(75,76)80-56-61(68)55-79-85(73,74)81-59-62(57-77-64(69)51-47-43-16-12-8-4)83-66(71)53-49-45-40-22-19-15-11-7-3/h61-63,68H,5-60H2,1-4H3,(H,73,74)(H,75,76)/t61-,62+,63+/m0/s1. The molecule has 19 heteroatoms. The Morgan fingerprint density at radius 3 is 0.686 bits per heavy atom. The molecule has 0 aliphatic heterocycles. The number of aliphatic hydroxyl groups is 1. The lowest BCUT2D eigenvalue weighted by Gasteiger charge is -2.21. The summed E-state index contributed by atoms with van der Waals surface area (Å²) in [6.07, 6.45) is 49.2. The van der Waals surface area contributed by atoms with Gasteiger partial charge in [-0.25, -0.2) is 9.13 Å². The summed E-state index contributed by atoms with van der Waals surface area (Å²) >= 11 is 0. The molecule has 0 saturated heterocycles. The zero-order chi connectivity index (χ0) is 63.3. The molecule has 0 aliphatic carbocycles. The highest BCUT2D eigenvalue weighted by Crippen LogP contribution is 2.45. The van der Waals surface area contributed by atoms with Crippen LogP contribution in [0.5, 0.6) is 0 Å². The van der Waals surface area contributed by atoms with E-state index in [0.29, 0.717) is 25.7 Å². The number of carbonyl (C=O) groups excluding carboxylic acids is 4. The van der Waals surface area contributed by atoms with Crippen LogP contribution < -0.4 is 0 Å². The molecule has 0 heterocycles. The van der Waals surface area contributed by atoms with Crippen molar-refractivity contribution >= 4 is 39.5 Å². The van der Waals surface area contributed by atoms with Gasteiger partial charge in [0.25, 0.3) is 0 Å². The number of aliphatic hydroxyl groups excluding tert-OH is 1. The van der Waals surface area contributed by atoms with Crippen LogP contribution in [-0.4, -0.2) is 96.7 Å². The first kappa shape index (κ1) is 84.1. The summed E-state index contributed by atoms with van der Waals surface area (Å²) in [7, 11) is -9.88. The maximum Gasteiger partial charge on any atom is 0.472 e. The van der Waals surface area contributed by atoms with Crippen molar-refractivity contribution < 1.29 is 80.2 Å². The molecule has 2 unspecified atom stereocenters. The van der Waals surface area contributed by atoms with Crippen LogP contribution in [0.25, 0.3) is 0 Å². The third kappa shape index (κ3) is 60.9. The van der Waals surface area contributed by atoms with Crippen LogP contribution in [0.1, 0.15) is 349 Å². The second-order valence-corrected chi connectivity index (χ2v) is 27.1. The molecule has 17 nitrogen and oxygen atoms in total. The summed E-state index contributed by atoms with van der Waals surface area (Å²) < 4.78 is 67.8. The zero-order valence-corrected chi connectivity index (χ0v) is 57.1. The van der Waals surface area contributed by atoms with Crippen molar-refractivity contribution in [1.82, 2.24) is 0 Å². The van der Waals surface area contributed by atoms with Crippen LogP contribution in [0.4, 0.5) is 0 Å². The lowest BCUT2D eigenvalue weighted by atomic mass is 10.0. The lowest BCUT2D eigenvalue weighted by Crippen LogP contribution is -2.30. The molecular weight excluding hydrogens is 1140 g/mol. The van der Waals surface area contributed by atoms with Crippen LogP contribution in [-0.2, 0) is 65.4 Å². The molecule has 0 fully saturated rings. The molecule has 510 valence electrons. The van der Waals surface area contributed by atoms with Gasteiger partial charge < -0.3 is 33.8 Å². The molecule has 0 spiro atoms. The average molecular weight is 1270 g/mol. The molecule has 0 saturated carbocycles. The van der Waals surface area contributed by atoms with E-state index in [0.717, 1.165) is 103 Å². The number of esters is 4. The molecule has 0 rings (SSSR count). The van der Waals surface area contributed by atoms with E-state index in [1.807, 2.05) is 0 Å². The Kier molecular flexibility index (Phi) is 60.5. The van der Waals surface area contributed by atoms with Crippen molar-refractivity contribution in [2.45, 2.75) is 367 Å². The van der Waals surface area contributed by atoms with Crippen molar-refractivity contribution in [2.24, 2.45) is 0 Å². The Hall–Kier alpha value is -1.94. The highest BCUT2D eigenvalue weighted by atomic mass is 31.2. The Morgan fingerprint density at radius 2 is 0.465 bits per heavy atom. The first-order valence-corrected chi connectivity index (χ1v) is 38.3. The third-order valence-corrected chi connectivity index (χ3v) is 17.5. The van der Waals surface area contributed by atoms with Gasteiger partial charge in [0.15, 0.2) is 12.2 Å². The Labute approximate surface area is 524 Å². The smallest absolute Gasteiger partial charge is 0.462 e. The maximum atomic E-state index is 13.0. The molecule has 0 amide bonds. The molecular formula is C67H130O17P2. The number of hydrogen-bond acceptors (Lipinski definition) is 15. The molecule has 0 aromatic rings. The SMILES string of the molecule is CCCCCCCCCCCCCCCCCCCCCCCC(=O)O[C@H](COC(=O)CCCCCCCCCCCCCC)COP(=O)(O)OC[C@@H](O)COP(=O)(O)OC[C@@H](COC(=O)CCCCCCC)OC(=O)CCCCCCCCCC. The third-order valence-electron chi connectivity index (χ3n) is 15.6. The molecule has 0 aromatic carbocycles. The number of unbranched alkanes of at least 4 members (excludes halogenated alkanes) is 42. The van der Waals surface area contributed by atoms with E-state index in [9.17, 15) is 43.2 Å². The van der Waals surface area contributed by atoms with Gasteiger partial charge in [0.2, 0.25) is 0 Å². The first-order valence-electron chi connectivity index (χ1n) is 35.3. The second-order valence-electron chi connectivity index (χ2n) is 24.2. The quantitative estimate of drug-likeness (QED) is 0.0222. The molecule has 3 N–H and O–H groups in total. The van der Waals surface area contributed by atoms with Gasteiger partial charge in [-0.1, -0.05) is 297 Å². The Balaban J connectivity index is 5.07. The van der Waals surface area contributed by atoms with Crippen LogP contribution in [0.2, 0.25) is 0 Å². The molecule has 0 bridgehead atoms. The first-order chi connectivity index (χ1) is 41.7. The van der Waals surface area contributed by atoms with Gasteiger partial charge >= 0.3 is 39.5 Å². The van der Waals surface area contributed by atoms with Crippen molar-refractivity contribution in [3.8, 4) is 0 Å². The van der Waals surface area contributed by atoms with E-state index >= 15 is 0 Å². The number of carbonyl (C=O) groups is 4. The summed E-state index contributed by atoms with van der Waals surface area (Å²) in [4.78, 5) is 72.0. The van der Waals surface area contributed by atoms with Gasteiger partial charge in [-0.2, -0.15) is 0 Å². The van der Waals surface area contributed by atoms with E-state index in [-0.39, 0.29) is 25.7 Å². The summed E-state index contributed by atoms with van der Waals surface area (Å²) in [5, 5.41) is 10.5. The van der Waals surface area contributed by atoms with E-state index in [2.05, 4.69) is 27.7 Å². The molecule has 0 radical (unpaired) electrons. The number of rotatable bonds is 68. The summed E-state index contributed by atoms with van der Waals surface area (Å²) in [6, 6.07) is 0. The van der Waals surface area contributed by atoms with Crippen LogP contribution in [0.3, 0.4) is 0 Å². The Bertz CT molecular complexity index is 1650.